The first-order valence-electron chi connectivity index (χ1n) is 5.70. The van der Waals surface area contributed by atoms with Crippen LogP contribution in [0.4, 0.5) is 14.5 Å². The van der Waals surface area contributed by atoms with Gasteiger partial charge in [-0.15, -0.1) is 0 Å². The van der Waals surface area contributed by atoms with Crippen LogP contribution in [0.1, 0.15) is 11.7 Å². The normalized spacial score (nSPS) is 12.2. The highest BCUT2D eigenvalue weighted by Crippen LogP contribution is 2.24. The maximum absolute atomic E-state index is 13.4. The third-order valence-electron chi connectivity index (χ3n) is 2.70. The molecule has 0 amide bonds. The molecule has 0 saturated heterocycles. The number of rotatable bonds is 4. The minimum absolute atomic E-state index is 0.0401. The van der Waals surface area contributed by atoms with E-state index in [0.29, 0.717) is 10.6 Å². The molecule has 0 fully saturated rings. The van der Waals surface area contributed by atoms with Crippen LogP contribution in [0, 0.1) is 11.6 Å². The van der Waals surface area contributed by atoms with E-state index < -0.39 is 17.7 Å². The number of halogens is 3. The van der Waals surface area contributed by atoms with Gasteiger partial charge in [0.2, 0.25) is 0 Å². The Labute approximate surface area is 114 Å². The fourth-order valence-electron chi connectivity index (χ4n) is 1.72. The van der Waals surface area contributed by atoms with Crippen molar-refractivity contribution in [3.05, 3.63) is 64.7 Å². The highest BCUT2D eigenvalue weighted by atomic mass is 35.5. The molecule has 1 unspecified atom stereocenters. The molecule has 2 nitrogen and oxygen atoms in total. The zero-order chi connectivity index (χ0) is 13.8. The Morgan fingerprint density at radius 3 is 2.32 bits per heavy atom. The molecule has 19 heavy (non-hydrogen) atoms. The van der Waals surface area contributed by atoms with Gasteiger partial charge in [-0.05, 0) is 18.2 Å². The van der Waals surface area contributed by atoms with Crippen LogP contribution in [0.3, 0.4) is 0 Å². The summed E-state index contributed by atoms with van der Waals surface area (Å²) < 4.78 is 26.7. The summed E-state index contributed by atoms with van der Waals surface area (Å²) in [5.74, 6) is -1.40. The monoisotopic (exact) mass is 283 g/mol. The van der Waals surface area contributed by atoms with Crippen LogP contribution in [0.5, 0.6) is 0 Å². The van der Waals surface area contributed by atoms with Crippen molar-refractivity contribution in [1.82, 2.24) is 0 Å². The number of aliphatic hydroxyl groups is 1. The molecule has 100 valence electrons. The molecule has 0 aliphatic carbocycles. The average molecular weight is 284 g/mol. The van der Waals surface area contributed by atoms with E-state index in [1.54, 1.807) is 24.3 Å². The van der Waals surface area contributed by atoms with E-state index in [4.69, 9.17) is 11.6 Å². The van der Waals surface area contributed by atoms with Gasteiger partial charge in [-0.1, -0.05) is 35.9 Å². The second-order valence-electron chi connectivity index (χ2n) is 4.01. The first-order chi connectivity index (χ1) is 9.09. The molecular formula is C14H12ClF2NO. The lowest BCUT2D eigenvalue weighted by Crippen LogP contribution is -2.14. The van der Waals surface area contributed by atoms with Gasteiger partial charge in [0, 0.05) is 17.1 Å². The molecule has 5 heteroatoms. The van der Waals surface area contributed by atoms with Crippen molar-refractivity contribution in [2.45, 2.75) is 6.10 Å². The number of benzene rings is 2. The van der Waals surface area contributed by atoms with Gasteiger partial charge in [-0.3, -0.25) is 0 Å². The number of aliphatic hydroxyl groups excluding tert-OH is 1. The standard InChI is InChI=1S/C14H12ClF2NO/c15-10-5-2-1-4-9(10)13(19)8-18-14-11(16)6-3-7-12(14)17/h1-7,13,18-19H,8H2. The second-order valence-corrected chi connectivity index (χ2v) is 4.42. The Hall–Kier alpha value is -1.65. The summed E-state index contributed by atoms with van der Waals surface area (Å²) in [6.45, 7) is -0.0401. The van der Waals surface area contributed by atoms with E-state index in [-0.39, 0.29) is 12.2 Å². The van der Waals surface area contributed by atoms with Crippen molar-refractivity contribution in [3.63, 3.8) is 0 Å². The van der Waals surface area contributed by atoms with E-state index in [1.165, 1.54) is 6.07 Å². The van der Waals surface area contributed by atoms with Crippen LogP contribution >= 0.6 is 11.6 Å². The van der Waals surface area contributed by atoms with Gasteiger partial charge in [0.25, 0.3) is 0 Å². The SMILES string of the molecule is OC(CNc1c(F)cccc1F)c1ccccc1Cl. The van der Waals surface area contributed by atoms with Crippen molar-refractivity contribution < 1.29 is 13.9 Å². The Morgan fingerprint density at radius 2 is 1.68 bits per heavy atom. The molecule has 0 aliphatic rings. The molecule has 2 aromatic carbocycles. The van der Waals surface area contributed by atoms with Gasteiger partial charge < -0.3 is 10.4 Å². The molecule has 0 aliphatic heterocycles. The van der Waals surface area contributed by atoms with Crippen molar-refractivity contribution in [1.29, 1.82) is 0 Å². The van der Waals surface area contributed by atoms with Crippen molar-refractivity contribution in [2.75, 3.05) is 11.9 Å². The van der Waals surface area contributed by atoms with Crippen molar-refractivity contribution in [2.24, 2.45) is 0 Å². The zero-order valence-corrected chi connectivity index (χ0v) is 10.7. The van der Waals surface area contributed by atoms with Crippen molar-refractivity contribution in [3.8, 4) is 0 Å². The van der Waals surface area contributed by atoms with E-state index in [0.717, 1.165) is 12.1 Å². The highest BCUT2D eigenvalue weighted by Gasteiger charge is 2.13. The van der Waals surface area contributed by atoms with Crippen LogP contribution in [-0.2, 0) is 0 Å². The summed E-state index contributed by atoms with van der Waals surface area (Å²) in [5, 5.41) is 12.9. The minimum atomic E-state index is -0.951. The van der Waals surface area contributed by atoms with Crippen LogP contribution in [-0.4, -0.2) is 11.7 Å². The van der Waals surface area contributed by atoms with Crippen LogP contribution in [0.2, 0.25) is 5.02 Å². The molecule has 2 rings (SSSR count). The summed E-state index contributed by atoms with van der Waals surface area (Å²) in [6, 6.07) is 10.3. The molecular weight excluding hydrogens is 272 g/mol. The van der Waals surface area contributed by atoms with Gasteiger partial charge in [0.1, 0.15) is 17.3 Å². The van der Waals surface area contributed by atoms with Crippen molar-refractivity contribution >= 4 is 17.3 Å². The first kappa shape index (κ1) is 13.8. The zero-order valence-electron chi connectivity index (χ0n) is 9.91. The summed E-state index contributed by atoms with van der Waals surface area (Å²) in [7, 11) is 0. The lowest BCUT2D eigenvalue weighted by molar-refractivity contribution is 0.191. The molecule has 0 heterocycles. The van der Waals surface area contributed by atoms with Crippen LogP contribution in [0.15, 0.2) is 42.5 Å². The predicted molar refractivity (Wildman–Crippen MR) is 71.3 cm³/mol. The largest absolute Gasteiger partial charge is 0.387 e. The lowest BCUT2D eigenvalue weighted by Gasteiger charge is -2.15. The first-order valence-corrected chi connectivity index (χ1v) is 6.07. The number of para-hydroxylation sites is 1. The van der Waals surface area contributed by atoms with Gasteiger partial charge in [0.15, 0.2) is 0 Å². The molecule has 0 aromatic heterocycles. The maximum atomic E-state index is 13.4. The Bertz CT molecular complexity index is 557. The lowest BCUT2D eigenvalue weighted by atomic mass is 10.1. The second kappa shape index (κ2) is 5.99. The average Bonchev–Trinajstić information content (AvgIpc) is 2.38. The number of anilines is 1. The Kier molecular flexibility index (Phi) is 4.35. The van der Waals surface area contributed by atoms with Crippen LogP contribution < -0.4 is 5.32 Å². The Morgan fingerprint density at radius 1 is 1.05 bits per heavy atom. The predicted octanol–water partition coefficient (Wildman–Crippen LogP) is 3.76. The molecule has 1 atom stereocenters. The summed E-state index contributed by atoms with van der Waals surface area (Å²) in [4.78, 5) is 0. The minimum Gasteiger partial charge on any atom is -0.387 e. The number of nitrogens with one attached hydrogen (secondary N) is 1. The van der Waals surface area contributed by atoms with E-state index in [9.17, 15) is 13.9 Å². The third kappa shape index (κ3) is 3.22. The molecule has 0 radical (unpaired) electrons. The third-order valence-corrected chi connectivity index (χ3v) is 3.04. The van der Waals surface area contributed by atoms with Gasteiger partial charge in [-0.25, -0.2) is 8.78 Å². The molecule has 0 spiro atoms. The molecule has 2 N–H and O–H groups in total. The number of hydrogen-bond donors (Lipinski definition) is 2. The fraction of sp³-hybridized carbons (Fsp3) is 0.143. The topological polar surface area (TPSA) is 32.3 Å². The summed E-state index contributed by atoms with van der Waals surface area (Å²) in [6.07, 6.45) is -0.951. The Balaban J connectivity index is 2.09. The summed E-state index contributed by atoms with van der Waals surface area (Å²) in [5.41, 5.74) is 0.252. The molecule has 0 bridgehead atoms. The van der Waals surface area contributed by atoms with E-state index in [1.807, 2.05) is 0 Å². The quantitative estimate of drug-likeness (QED) is 0.895. The maximum Gasteiger partial charge on any atom is 0.149 e. The molecule has 2 aromatic rings. The van der Waals surface area contributed by atoms with Gasteiger partial charge in [-0.2, -0.15) is 0 Å². The smallest absolute Gasteiger partial charge is 0.149 e. The van der Waals surface area contributed by atoms with Crippen LogP contribution in [0.25, 0.3) is 0 Å². The van der Waals surface area contributed by atoms with E-state index >= 15 is 0 Å². The van der Waals surface area contributed by atoms with E-state index in [2.05, 4.69) is 5.32 Å². The number of hydrogen-bond acceptors (Lipinski definition) is 2. The molecule has 0 saturated carbocycles. The van der Waals surface area contributed by atoms with Gasteiger partial charge in [0.05, 0.1) is 6.10 Å². The highest BCUT2D eigenvalue weighted by molar-refractivity contribution is 6.31. The summed E-state index contributed by atoms with van der Waals surface area (Å²) >= 11 is 5.93. The fourth-order valence-corrected chi connectivity index (χ4v) is 1.98. The van der Waals surface area contributed by atoms with Gasteiger partial charge >= 0.3 is 0 Å².